The van der Waals surface area contributed by atoms with E-state index in [0.717, 1.165) is 9.26 Å². The van der Waals surface area contributed by atoms with E-state index in [4.69, 9.17) is 5.11 Å². The van der Waals surface area contributed by atoms with Crippen LogP contribution in [0.2, 0.25) is 0 Å². The second-order valence-corrected chi connectivity index (χ2v) is 3.31. The SMILES string of the molecule is Cc1nn2c(C(=O)[O-])c(C)[nH][n+]2c1C(=O)O. The molecule has 8 nitrogen and oxygen atoms in total. The van der Waals surface area contributed by atoms with Crippen LogP contribution in [-0.2, 0) is 0 Å². The summed E-state index contributed by atoms with van der Waals surface area (Å²) in [5.74, 6) is -2.61. The Kier molecular flexibility index (Phi) is 1.94. The lowest BCUT2D eigenvalue weighted by Crippen LogP contribution is -2.37. The van der Waals surface area contributed by atoms with Crippen molar-refractivity contribution in [3.05, 3.63) is 22.8 Å². The van der Waals surface area contributed by atoms with Gasteiger partial charge in [-0.3, -0.25) is 0 Å². The molecule has 2 aromatic rings. The van der Waals surface area contributed by atoms with E-state index in [1.165, 1.54) is 13.8 Å². The van der Waals surface area contributed by atoms with E-state index in [0.29, 0.717) is 0 Å². The van der Waals surface area contributed by atoms with E-state index in [2.05, 4.69) is 10.2 Å². The van der Waals surface area contributed by atoms with Gasteiger partial charge in [0.1, 0.15) is 0 Å². The number of carbonyl (C=O) groups excluding carboxylic acids is 1. The highest BCUT2D eigenvalue weighted by molar-refractivity contribution is 5.86. The number of aromatic amines is 1. The molecule has 2 N–H and O–H groups in total. The van der Waals surface area contributed by atoms with Crippen LogP contribution in [0, 0.1) is 13.8 Å². The highest BCUT2D eigenvalue weighted by Gasteiger charge is 2.29. The first-order valence-corrected chi connectivity index (χ1v) is 4.38. The normalized spacial score (nSPS) is 10.9. The molecule has 2 aromatic heterocycles. The Labute approximate surface area is 88.7 Å². The number of carbonyl (C=O) groups is 2. The van der Waals surface area contributed by atoms with Crippen LogP contribution in [0.15, 0.2) is 0 Å². The minimum Gasteiger partial charge on any atom is -0.543 e. The van der Waals surface area contributed by atoms with Gasteiger partial charge in [0, 0.05) is 11.6 Å². The van der Waals surface area contributed by atoms with Crippen LogP contribution in [0.5, 0.6) is 0 Å². The van der Waals surface area contributed by atoms with Gasteiger partial charge in [0.25, 0.3) is 0 Å². The lowest BCUT2D eigenvalue weighted by Gasteiger charge is -1.93. The van der Waals surface area contributed by atoms with Gasteiger partial charge in [-0.25, -0.2) is 9.89 Å². The van der Waals surface area contributed by atoms with Crippen molar-refractivity contribution < 1.29 is 24.4 Å². The fourth-order valence-corrected chi connectivity index (χ4v) is 1.58. The minimum atomic E-state index is -1.42. The predicted octanol–water partition coefficient (Wildman–Crippen LogP) is -2.07. The Balaban J connectivity index is 2.88. The molecule has 0 aliphatic rings. The Morgan fingerprint density at radius 2 is 2.12 bits per heavy atom. The van der Waals surface area contributed by atoms with E-state index in [1.54, 1.807) is 0 Å². The van der Waals surface area contributed by atoms with Gasteiger partial charge in [0.05, 0.1) is 16.8 Å². The monoisotopic (exact) mass is 224 g/mol. The quantitative estimate of drug-likeness (QED) is 0.568. The first-order valence-electron chi connectivity index (χ1n) is 4.38. The maximum absolute atomic E-state index is 10.9. The standard InChI is InChI=1S/C8H8N4O4/c1-3-5(7(13)14)11-10-4(2)6(8(15)16)12(11)9-3/h1-2H3,(H2-,9,10,13,14,15,16). The van der Waals surface area contributed by atoms with Gasteiger partial charge < -0.3 is 15.0 Å². The summed E-state index contributed by atoms with van der Waals surface area (Å²) in [6, 6.07) is 0. The maximum atomic E-state index is 10.9. The number of nitrogens with zero attached hydrogens (tertiary/aromatic N) is 3. The Bertz CT molecular complexity index is 555. The molecule has 0 aromatic carbocycles. The molecule has 0 atom stereocenters. The zero-order valence-corrected chi connectivity index (χ0v) is 8.51. The molecular weight excluding hydrogens is 216 g/mol. The summed E-state index contributed by atoms with van der Waals surface area (Å²) in [7, 11) is 0. The Morgan fingerprint density at radius 1 is 1.50 bits per heavy atom. The highest BCUT2D eigenvalue weighted by Crippen LogP contribution is 2.04. The zero-order chi connectivity index (χ0) is 12.0. The number of fused-ring (bicyclic) bond motifs is 1. The van der Waals surface area contributed by atoms with Crippen molar-refractivity contribution in [3.63, 3.8) is 0 Å². The largest absolute Gasteiger partial charge is 0.543 e. The number of aromatic carboxylic acids is 2. The Morgan fingerprint density at radius 3 is 2.62 bits per heavy atom. The number of carboxylic acids is 2. The van der Waals surface area contributed by atoms with Crippen LogP contribution >= 0.6 is 0 Å². The fourth-order valence-electron chi connectivity index (χ4n) is 1.58. The molecule has 0 aliphatic heterocycles. The van der Waals surface area contributed by atoms with Gasteiger partial charge >= 0.3 is 11.7 Å². The molecule has 0 aliphatic carbocycles. The predicted molar refractivity (Wildman–Crippen MR) is 46.0 cm³/mol. The number of aromatic nitrogens is 4. The lowest BCUT2D eigenvalue weighted by molar-refractivity contribution is -0.679. The molecule has 0 saturated carbocycles. The fraction of sp³-hybridized carbons (Fsp3) is 0.250. The minimum absolute atomic E-state index is 0.115. The molecule has 0 bridgehead atoms. The van der Waals surface area contributed by atoms with Gasteiger partial charge in [0.15, 0.2) is 5.69 Å². The lowest BCUT2D eigenvalue weighted by atomic mass is 10.3. The van der Waals surface area contributed by atoms with Crippen molar-refractivity contribution >= 4 is 11.9 Å². The van der Waals surface area contributed by atoms with Crippen molar-refractivity contribution in [1.29, 1.82) is 0 Å². The third kappa shape index (κ3) is 1.16. The number of hydrogen-bond donors (Lipinski definition) is 2. The molecule has 0 spiro atoms. The highest BCUT2D eigenvalue weighted by atomic mass is 16.4. The van der Waals surface area contributed by atoms with Gasteiger partial charge in [0.2, 0.25) is 5.69 Å². The summed E-state index contributed by atoms with van der Waals surface area (Å²) >= 11 is 0. The summed E-state index contributed by atoms with van der Waals surface area (Å²) in [5, 5.41) is 26.2. The topological polar surface area (TPSA) is 115 Å². The van der Waals surface area contributed by atoms with E-state index >= 15 is 0 Å². The number of hydrogen-bond acceptors (Lipinski definition) is 4. The second-order valence-electron chi connectivity index (χ2n) is 3.31. The number of nitrogens with one attached hydrogen (secondary N) is 1. The van der Waals surface area contributed by atoms with Crippen LogP contribution in [0.4, 0.5) is 0 Å². The van der Waals surface area contributed by atoms with E-state index in [-0.39, 0.29) is 22.8 Å². The van der Waals surface area contributed by atoms with Crippen LogP contribution in [0.3, 0.4) is 0 Å². The molecule has 0 amide bonds. The number of carboxylic acid groups (broad SMARTS) is 2. The molecule has 0 unspecified atom stereocenters. The van der Waals surface area contributed by atoms with Gasteiger partial charge in [-0.1, -0.05) is 0 Å². The van der Waals surface area contributed by atoms with E-state index < -0.39 is 11.9 Å². The van der Waals surface area contributed by atoms with Gasteiger partial charge in [-0.15, -0.1) is 0 Å². The van der Waals surface area contributed by atoms with Crippen LogP contribution < -0.4 is 9.74 Å². The van der Waals surface area contributed by atoms with Crippen molar-refractivity contribution in [2.24, 2.45) is 0 Å². The third-order valence-corrected chi connectivity index (χ3v) is 2.21. The number of aryl methyl sites for hydroxylation is 2. The van der Waals surface area contributed by atoms with Crippen LogP contribution in [0.1, 0.15) is 32.4 Å². The molecule has 0 fully saturated rings. The Hall–Kier alpha value is -2.38. The molecule has 0 saturated heterocycles. The van der Waals surface area contributed by atoms with Gasteiger partial charge in [-0.2, -0.15) is 0 Å². The van der Waals surface area contributed by atoms with Crippen LogP contribution in [0.25, 0.3) is 0 Å². The molecule has 84 valence electrons. The molecule has 2 rings (SSSR count). The number of H-pyrrole nitrogens is 1. The van der Waals surface area contributed by atoms with Crippen molar-refractivity contribution in [3.8, 4) is 0 Å². The smallest absolute Gasteiger partial charge is 0.385 e. The summed E-state index contributed by atoms with van der Waals surface area (Å²) in [6.45, 7) is 2.97. The molecule has 16 heavy (non-hydrogen) atoms. The second kappa shape index (κ2) is 3.05. The van der Waals surface area contributed by atoms with E-state index in [1.807, 2.05) is 0 Å². The first kappa shape index (κ1) is 10.1. The molecule has 2 heterocycles. The summed E-state index contributed by atoms with van der Waals surface area (Å²) in [5.41, 5.74) is 0.174. The first-order chi connectivity index (χ1) is 7.43. The third-order valence-electron chi connectivity index (χ3n) is 2.21. The average Bonchev–Trinajstić information content (AvgIpc) is 2.55. The van der Waals surface area contributed by atoms with E-state index in [9.17, 15) is 14.7 Å². The molecule has 8 heteroatoms. The maximum Gasteiger partial charge on any atom is 0.385 e. The number of rotatable bonds is 2. The molecule has 0 radical (unpaired) electrons. The average molecular weight is 224 g/mol. The summed E-state index contributed by atoms with van der Waals surface area (Å²) < 4.78 is 2.02. The summed E-state index contributed by atoms with van der Waals surface area (Å²) in [4.78, 5) is 21.8. The zero-order valence-electron chi connectivity index (χ0n) is 8.51. The van der Waals surface area contributed by atoms with Gasteiger partial charge in [-0.05, 0) is 11.6 Å². The van der Waals surface area contributed by atoms with Crippen LogP contribution in [-0.4, -0.2) is 31.9 Å². The van der Waals surface area contributed by atoms with Crippen molar-refractivity contribution in [2.75, 3.05) is 0 Å². The van der Waals surface area contributed by atoms with Crippen molar-refractivity contribution in [2.45, 2.75) is 13.8 Å². The summed E-state index contributed by atoms with van der Waals surface area (Å²) in [6.07, 6.45) is 0. The molecular formula is C8H8N4O4. The van der Waals surface area contributed by atoms with Crippen molar-refractivity contribution in [1.82, 2.24) is 14.8 Å².